The number of halogens is 1. The third-order valence-corrected chi connectivity index (χ3v) is 5.47. The van der Waals surface area contributed by atoms with Crippen molar-refractivity contribution in [2.75, 3.05) is 23.7 Å². The predicted octanol–water partition coefficient (Wildman–Crippen LogP) is 4.01. The molecule has 0 atom stereocenters. The first kappa shape index (κ1) is 21.0. The van der Waals surface area contributed by atoms with Gasteiger partial charge in [0.15, 0.2) is 5.11 Å². The van der Waals surface area contributed by atoms with Crippen LogP contribution in [0.1, 0.15) is 6.92 Å². The Hall–Kier alpha value is -2.29. The van der Waals surface area contributed by atoms with Crippen LogP contribution in [0.15, 0.2) is 59.5 Å². The van der Waals surface area contributed by atoms with Crippen LogP contribution in [-0.2, 0) is 10.0 Å². The Morgan fingerprint density at radius 2 is 1.96 bits per heavy atom. The van der Waals surface area contributed by atoms with Crippen molar-refractivity contribution in [1.82, 2.24) is 5.32 Å². The molecule has 27 heavy (non-hydrogen) atoms. The highest BCUT2D eigenvalue weighted by atomic mass is 35.5. The smallest absolute Gasteiger partial charge is 0.263 e. The van der Waals surface area contributed by atoms with Crippen LogP contribution in [0, 0.1) is 0 Å². The SMILES string of the molecule is C=C(C)CNC(=S)Nc1ccc(Cl)c(S(=O)(=O)Nc2ccccc2OC)c1. The third kappa shape index (κ3) is 5.85. The minimum Gasteiger partial charge on any atom is -0.495 e. The molecule has 2 aromatic rings. The Kier molecular flexibility index (Phi) is 7.06. The van der Waals surface area contributed by atoms with Crippen molar-refractivity contribution in [3.63, 3.8) is 0 Å². The number of rotatable bonds is 7. The van der Waals surface area contributed by atoms with E-state index in [1.807, 2.05) is 6.92 Å². The van der Waals surface area contributed by atoms with Crippen molar-refractivity contribution in [1.29, 1.82) is 0 Å². The van der Waals surface area contributed by atoms with Crippen LogP contribution in [0.3, 0.4) is 0 Å². The van der Waals surface area contributed by atoms with Gasteiger partial charge >= 0.3 is 0 Å². The second kappa shape index (κ2) is 9.07. The van der Waals surface area contributed by atoms with Gasteiger partial charge in [0, 0.05) is 12.2 Å². The van der Waals surface area contributed by atoms with Gasteiger partial charge in [-0.15, -0.1) is 0 Å². The Bertz CT molecular complexity index is 962. The van der Waals surface area contributed by atoms with Crippen molar-refractivity contribution in [2.24, 2.45) is 0 Å². The summed E-state index contributed by atoms with van der Waals surface area (Å²) in [5.74, 6) is 0.400. The molecule has 3 N–H and O–H groups in total. The van der Waals surface area contributed by atoms with Crippen LogP contribution < -0.4 is 20.1 Å². The minimum atomic E-state index is -3.94. The van der Waals surface area contributed by atoms with Crippen LogP contribution in [0.5, 0.6) is 5.75 Å². The predicted molar refractivity (Wildman–Crippen MR) is 114 cm³/mol. The molecule has 0 unspecified atom stereocenters. The summed E-state index contributed by atoms with van der Waals surface area (Å²) < 4.78 is 33.3. The average Bonchev–Trinajstić information content (AvgIpc) is 2.61. The molecule has 9 heteroatoms. The maximum absolute atomic E-state index is 12.8. The molecule has 0 saturated heterocycles. The quantitative estimate of drug-likeness (QED) is 0.459. The number of thiocarbonyl (C=S) groups is 1. The monoisotopic (exact) mass is 425 g/mol. The van der Waals surface area contributed by atoms with Crippen molar-refractivity contribution >= 4 is 50.3 Å². The molecule has 0 spiro atoms. The van der Waals surface area contributed by atoms with E-state index >= 15 is 0 Å². The first-order chi connectivity index (χ1) is 12.7. The van der Waals surface area contributed by atoms with Gasteiger partial charge in [0.2, 0.25) is 0 Å². The Labute approximate surface area is 169 Å². The molecule has 2 rings (SSSR count). The third-order valence-electron chi connectivity index (χ3n) is 3.38. The lowest BCUT2D eigenvalue weighted by Gasteiger charge is -2.15. The van der Waals surface area contributed by atoms with Gasteiger partial charge < -0.3 is 15.4 Å². The summed E-state index contributed by atoms with van der Waals surface area (Å²) in [6.07, 6.45) is 0. The summed E-state index contributed by atoms with van der Waals surface area (Å²) >= 11 is 11.3. The Balaban J connectivity index is 2.26. The number of methoxy groups -OCH3 is 1. The number of hydrogen-bond donors (Lipinski definition) is 3. The fourth-order valence-corrected chi connectivity index (χ4v) is 3.91. The van der Waals surface area contributed by atoms with E-state index in [1.54, 1.807) is 30.3 Å². The van der Waals surface area contributed by atoms with E-state index in [4.69, 9.17) is 28.6 Å². The van der Waals surface area contributed by atoms with Gasteiger partial charge in [-0.25, -0.2) is 8.42 Å². The molecule has 0 saturated carbocycles. The zero-order chi connectivity index (χ0) is 20.0. The molecule has 0 bridgehead atoms. The molecule has 0 radical (unpaired) electrons. The van der Waals surface area contributed by atoms with E-state index in [1.165, 1.54) is 19.2 Å². The standard InChI is InChI=1S/C18H20ClN3O3S2/c1-12(2)11-20-18(26)21-13-8-9-14(19)17(10-13)27(23,24)22-15-6-4-5-7-16(15)25-3/h4-10,22H,1,11H2,2-3H3,(H2,20,21,26). The topological polar surface area (TPSA) is 79.5 Å². The molecule has 0 fully saturated rings. The number of anilines is 2. The van der Waals surface area contributed by atoms with Gasteiger partial charge in [0.1, 0.15) is 10.6 Å². The van der Waals surface area contributed by atoms with Crippen molar-refractivity contribution < 1.29 is 13.2 Å². The Morgan fingerprint density at radius 3 is 2.63 bits per heavy atom. The zero-order valence-corrected chi connectivity index (χ0v) is 17.3. The van der Waals surface area contributed by atoms with E-state index in [2.05, 4.69) is 21.9 Å². The Morgan fingerprint density at radius 1 is 1.26 bits per heavy atom. The number of ether oxygens (including phenoxy) is 1. The summed E-state index contributed by atoms with van der Waals surface area (Å²) in [4.78, 5) is -0.0808. The van der Waals surface area contributed by atoms with Gasteiger partial charge in [0.25, 0.3) is 10.0 Å². The van der Waals surface area contributed by atoms with Gasteiger partial charge in [-0.3, -0.25) is 4.72 Å². The summed E-state index contributed by atoms with van der Waals surface area (Å²) in [5, 5.41) is 6.33. The molecule has 0 heterocycles. The molecule has 0 aliphatic carbocycles. The molecular formula is C18H20ClN3O3S2. The van der Waals surface area contributed by atoms with Crippen LogP contribution in [0.2, 0.25) is 5.02 Å². The normalized spacial score (nSPS) is 10.8. The van der Waals surface area contributed by atoms with Gasteiger partial charge in [-0.2, -0.15) is 0 Å². The number of para-hydroxylation sites is 2. The molecule has 144 valence electrons. The van der Waals surface area contributed by atoms with E-state index < -0.39 is 10.0 Å². The maximum atomic E-state index is 12.8. The van der Waals surface area contributed by atoms with Crippen LogP contribution in [0.25, 0.3) is 0 Å². The molecule has 0 aliphatic heterocycles. The molecule has 0 aromatic heterocycles. The highest BCUT2D eigenvalue weighted by Gasteiger charge is 2.20. The maximum Gasteiger partial charge on any atom is 0.263 e. The van der Waals surface area contributed by atoms with Gasteiger partial charge in [-0.05, 0) is 49.5 Å². The number of nitrogens with one attached hydrogen (secondary N) is 3. The molecule has 0 amide bonds. The van der Waals surface area contributed by atoms with Crippen molar-refractivity contribution in [2.45, 2.75) is 11.8 Å². The minimum absolute atomic E-state index is 0.0808. The lowest BCUT2D eigenvalue weighted by molar-refractivity contribution is 0.417. The summed E-state index contributed by atoms with van der Waals surface area (Å²) in [5.41, 5.74) is 1.71. The second-order valence-corrected chi connectivity index (χ2v) is 8.18. The zero-order valence-electron chi connectivity index (χ0n) is 14.9. The first-order valence-electron chi connectivity index (χ1n) is 7.87. The van der Waals surface area contributed by atoms with E-state index in [-0.39, 0.29) is 9.92 Å². The van der Waals surface area contributed by atoms with Crippen LogP contribution in [0.4, 0.5) is 11.4 Å². The summed E-state index contributed by atoms with van der Waals surface area (Å²) in [7, 11) is -2.48. The van der Waals surface area contributed by atoms with E-state index in [0.29, 0.717) is 28.8 Å². The average molecular weight is 426 g/mol. The number of hydrogen-bond acceptors (Lipinski definition) is 4. The number of sulfonamides is 1. The fraction of sp³-hybridized carbons (Fsp3) is 0.167. The molecule has 0 aliphatic rings. The lowest BCUT2D eigenvalue weighted by Crippen LogP contribution is -2.29. The molecular weight excluding hydrogens is 406 g/mol. The number of benzene rings is 2. The highest BCUT2D eigenvalue weighted by molar-refractivity contribution is 7.92. The molecule has 2 aromatic carbocycles. The van der Waals surface area contributed by atoms with E-state index in [0.717, 1.165) is 5.57 Å². The van der Waals surface area contributed by atoms with Gasteiger partial charge in [-0.1, -0.05) is 35.9 Å². The van der Waals surface area contributed by atoms with Crippen molar-refractivity contribution in [3.05, 3.63) is 59.6 Å². The molecule has 6 nitrogen and oxygen atoms in total. The first-order valence-corrected chi connectivity index (χ1v) is 10.1. The second-order valence-electron chi connectivity index (χ2n) is 5.72. The summed E-state index contributed by atoms with van der Waals surface area (Å²) in [6.45, 7) is 6.16. The van der Waals surface area contributed by atoms with Crippen LogP contribution >= 0.6 is 23.8 Å². The fourth-order valence-electron chi connectivity index (χ4n) is 2.12. The lowest BCUT2D eigenvalue weighted by atomic mass is 10.3. The van der Waals surface area contributed by atoms with Crippen molar-refractivity contribution in [3.8, 4) is 5.75 Å². The summed E-state index contributed by atoms with van der Waals surface area (Å²) in [6, 6.07) is 11.2. The van der Waals surface area contributed by atoms with Crippen LogP contribution in [-0.4, -0.2) is 27.2 Å². The highest BCUT2D eigenvalue weighted by Crippen LogP contribution is 2.30. The van der Waals surface area contributed by atoms with Gasteiger partial charge in [0.05, 0.1) is 17.8 Å². The largest absolute Gasteiger partial charge is 0.495 e. The van der Waals surface area contributed by atoms with E-state index in [9.17, 15) is 8.42 Å².